The third-order valence-corrected chi connectivity index (χ3v) is 3.61. The summed E-state index contributed by atoms with van der Waals surface area (Å²) in [5.41, 5.74) is 6.69. The van der Waals surface area contributed by atoms with Gasteiger partial charge in [0.1, 0.15) is 23.2 Å². The van der Waals surface area contributed by atoms with Gasteiger partial charge >= 0.3 is 0 Å². The molecule has 18 heavy (non-hydrogen) atoms. The van der Waals surface area contributed by atoms with E-state index in [9.17, 15) is 4.39 Å². The van der Waals surface area contributed by atoms with Gasteiger partial charge < -0.3 is 10.5 Å². The number of rotatable bonds is 5. The van der Waals surface area contributed by atoms with Crippen LogP contribution in [0.25, 0.3) is 0 Å². The van der Waals surface area contributed by atoms with Crippen LogP contribution in [0.15, 0.2) is 24.3 Å². The average Bonchev–Trinajstić information content (AvgIpc) is 2.80. The molecule has 3 nitrogen and oxygen atoms in total. The van der Waals surface area contributed by atoms with Gasteiger partial charge in [-0.25, -0.2) is 9.37 Å². The zero-order chi connectivity index (χ0) is 13.0. The normalized spacial score (nSPS) is 10.6. The number of ether oxygens (including phenoxy) is 1. The minimum Gasteiger partial charge on any atom is -0.486 e. The van der Waals surface area contributed by atoms with Crippen molar-refractivity contribution >= 4 is 11.3 Å². The zero-order valence-corrected chi connectivity index (χ0v) is 11.0. The van der Waals surface area contributed by atoms with Gasteiger partial charge in [-0.05, 0) is 30.7 Å². The molecule has 0 aliphatic heterocycles. The van der Waals surface area contributed by atoms with E-state index >= 15 is 0 Å². The highest BCUT2D eigenvalue weighted by Gasteiger charge is 2.08. The summed E-state index contributed by atoms with van der Waals surface area (Å²) in [6.45, 7) is 2.96. The van der Waals surface area contributed by atoms with Crippen LogP contribution in [0.3, 0.4) is 0 Å². The molecule has 0 aliphatic rings. The van der Waals surface area contributed by atoms with Gasteiger partial charge in [0.05, 0.1) is 5.69 Å². The fourth-order valence-corrected chi connectivity index (χ4v) is 2.56. The molecule has 0 radical (unpaired) electrons. The number of halogens is 1. The van der Waals surface area contributed by atoms with Crippen molar-refractivity contribution in [3.63, 3.8) is 0 Å². The second-order valence-corrected chi connectivity index (χ2v) is 4.95. The zero-order valence-electron chi connectivity index (χ0n) is 10.1. The number of thiazole rings is 1. The van der Waals surface area contributed by atoms with E-state index in [-0.39, 0.29) is 5.82 Å². The Hall–Kier alpha value is -1.46. The van der Waals surface area contributed by atoms with Crippen LogP contribution in [-0.2, 0) is 19.6 Å². The van der Waals surface area contributed by atoms with Crippen molar-refractivity contribution in [2.24, 2.45) is 5.73 Å². The molecule has 0 aliphatic carbocycles. The molecule has 0 spiro atoms. The minimum absolute atomic E-state index is 0.268. The van der Waals surface area contributed by atoms with E-state index in [0.717, 1.165) is 22.0 Å². The Morgan fingerprint density at radius 2 is 2.06 bits per heavy atom. The highest BCUT2D eigenvalue weighted by atomic mass is 32.1. The lowest BCUT2D eigenvalue weighted by Gasteiger charge is -2.02. The molecule has 96 valence electrons. The van der Waals surface area contributed by atoms with Crippen LogP contribution >= 0.6 is 11.3 Å². The summed E-state index contributed by atoms with van der Waals surface area (Å²) in [5.74, 6) is 0.370. The first kappa shape index (κ1) is 13.0. The van der Waals surface area contributed by atoms with E-state index in [0.29, 0.717) is 18.9 Å². The van der Waals surface area contributed by atoms with Gasteiger partial charge in [0.15, 0.2) is 0 Å². The highest BCUT2D eigenvalue weighted by molar-refractivity contribution is 7.11. The number of benzene rings is 1. The second kappa shape index (κ2) is 5.93. The molecule has 0 unspecified atom stereocenters. The molecule has 1 aromatic heterocycles. The van der Waals surface area contributed by atoms with Crippen molar-refractivity contribution in [2.75, 3.05) is 0 Å². The van der Waals surface area contributed by atoms with Gasteiger partial charge in [-0.15, -0.1) is 11.3 Å². The summed E-state index contributed by atoms with van der Waals surface area (Å²) in [5, 5.41) is 0.900. The lowest BCUT2D eigenvalue weighted by atomic mass is 10.3. The molecule has 0 saturated carbocycles. The van der Waals surface area contributed by atoms with Crippen molar-refractivity contribution in [1.29, 1.82) is 0 Å². The monoisotopic (exact) mass is 266 g/mol. The molecule has 1 aromatic carbocycles. The predicted octanol–water partition coefficient (Wildman–Crippen LogP) is 2.88. The number of aromatic nitrogens is 1. The van der Waals surface area contributed by atoms with Crippen LogP contribution in [0.1, 0.15) is 22.5 Å². The fraction of sp³-hybridized carbons (Fsp3) is 0.308. The lowest BCUT2D eigenvalue weighted by molar-refractivity contribution is 0.305. The van der Waals surface area contributed by atoms with Gasteiger partial charge in [0, 0.05) is 11.4 Å². The third kappa shape index (κ3) is 3.05. The van der Waals surface area contributed by atoms with E-state index in [1.54, 1.807) is 23.5 Å². The summed E-state index contributed by atoms with van der Waals surface area (Å²) < 4.78 is 18.3. The van der Waals surface area contributed by atoms with E-state index in [4.69, 9.17) is 10.5 Å². The van der Waals surface area contributed by atoms with E-state index in [1.165, 1.54) is 12.1 Å². The maximum Gasteiger partial charge on any atom is 0.140 e. The molecule has 0 saturated heterocycles. The number of nitrogens with two attached hydrogens (primary N) is 1. The summed E-state index contributed by atoms with van der Waals surface area (Å²) in [6, 6.07) is 5.96. The molecule has 0 atom stereocenters. The van der Waals surface area contributed by atoms with Crippen molar-refractivity contribution in [1.82, 2.24) is 4.98 Å². The van der Waals surface area contributed by atoms with Gasteiger partial charge in [-0.2, -0.15) is 0 Å². The van der Waals surface area contributed by atoms with Gasteiger partial charge in [-0.1, -0.05) is 6.92 Å². The maximum absolute atomic E-state index is 12.7. The van der Waals surface area contributed by atoms with Crippen molar-refractivity contribution in [3.8, 4) is 5.75 Å². The molecule has 2 N–H and O–H groups in total. The Balaban J connectivity index is 2.01. The van der Waals surface area contributed by atoms with Crippen LogP contribution in [-0.4, -0.2) is 4.98 Å². The van der Waals surface area contributed by atoms with Crippen LogP contribution in [0.5, 0.6) is 5.75 Å². The lowest BCUT2D eigenvalue weighted by Crippen LogP contribution is -1.97. The summed E-state index contributed by atoms with van der Waals surface area (Å²) >= 11 is 1.57. The number of nitrogens with zero attached hydrogens (tertiary/aromatic N) is 1. The van der Waals surface area contributed by atoms with E-state index in [2.05, 4.69) is 11.9 Å². The Kier molecular flexibility index (Phi) is 4.28. The summed E-state index contributed by atoms with van der Waals surface area (Å²) in [4.78, 5) is 5.58. The molecule has 2 aromatic rings. The topological polar surface area (TPSA) is 48.1 Å². The SMILES string of the molecule is CCc1nc(COc2ccc(F)cc2)sc1CN. The largest absolute Gasteiger partial charge is 0.486 e. The smallest absolute Gasteiger partial charge is 0.140 e. The molecule has 2 rings (SSSR count). The summed E-state index contributed by atoms with van der Waals surface area (Å²) in [7, 11) is 0. The first-order valence-corrected chi connectivity index (χ1v) is 6.60. The fourth-order valence-electron chi connectivity index (χ4n) is 1.61. The van der Waals surface area contributed by atoms with E-state index < -0.39 is 0 Å². The molecule has 1 heterocycles. The van der Waals surface area contributed by atoms with Crippen LogP contribution in [0, 0.1) is 5.82 Å². The first-order chi connectivity index (χ1) is 8.72. The second-order valence-electron chi connectivity index (χ2n) is 3.78. The van der Waals surface area contributed by atoms with Gasteiger partial charge in [0.2, 0.25) is 0 Å². The number of hydrogen-bond acceptors (Lipinski definition) is 4. The van der Waals surface area contributed by atoms with Gasteiger partial charge in [-0.3, -0.25) is 0 Å². The summed E-state index contributed by atoms with van der Waals surface area (Å²) in [6.07, 6.45) is 0.875. The molecule has 0 fully saturated rings. The molecular weight excluding hydrogens is 251 g/mol. The Morgan fingerprint density at radius 1 is 1.33 bits per heavy atom. The van der Waals surface area contributed by atoms with Crippen molar-refractivity contribution < 1.29 is 9.13 Å². The number of hydrogen-bond donors (Lipinski definition) is 1. The van der Waals surface area contributed by atoms with Crippen molar-refractivity contribution in [2.45, 2.75) is 26.5 Å². The van der Waals surface area contributed by atoms with Crippen molar-refractivity contribution in [3.05, 3.63) is 45.7 Å². The quantitative estimate of drug-likeness (QED) is 0.905. The van der Waals surface area contributed by atoms with Gasteiger partial charge in [0.25, 0.3) is 0 Å². The van der Waals surface area contributed by atoms with Crippen LogP contribution in [0.2, 0.25) is 0 Å². The van der Waals surface area contributed by atoms with Crippen LogP contribution < -0.4 is 10.5 Å². The highest BCUT2D eigenvalue weighted by Crippen LogP contribution is 2.20. The standard InChI is InChI=1S/C13H15FN2OS/c1-2-11-12(7-15)18-13(16-11)8-17-10-5-3-9(14)4-6-10/h3-6H,2,7-8,15H2,1H3. The Labute approximate surface area is 109 Å². The third-order valence-electron chi connectivity index (χ3n) is 2.52. The first-order valence-electron chi connectivity index (χ1n) is 5.78. The van der Waals surface area contributed by atoms with Crippen LogP contribution in [0.4, 0.5) is 4.39 Å². The molecule has 5 heteroatoms. The molecule has 0 bridgehead atoms. The molecular formula is C13H15FN2OS. The molecule has 0 amide bonds. The Morgan fingerprint density at radius 3 is 2.61 bits per heavy atom. The average molecular weight is 266 g/mol. The maximum atomic E-state index is 12.7. The minimum atomic E-state index is -0.268. The Bertz CT molecular complexity index is 489. The predicted molar refractivity (Wildman–Crippen MR) is 70.1 cm³/mol. The number of aryl methyl sites for hydroxylation is 1. The van der Waals surface area contributed by atoms with E-state index in [1.807, 2.05) is 0 Å².